The van der Waals surface area contributed by atoms with E-state index in [-0.39, 0.29) is 11.8 Å². The predicted molar refractivity (Wildman–Crippen MR) is 142 cm³/mol. The SMILES string of the molecule is CC(C)(C)c1nc(N2CCN(CCCCOc3nccc(OCc4ccccc4)n3)CC2)cc(C(F)(F)F)n1. The molecule has 0 amide bonds. The highest BCUT2D eigenvalue weighted by molar-refractivity contribution is 5.42. The van der Waals surface area contributed by atoms with E-state index in [4.69, 9.17) is 9.47 Å². The maximum absolute atomic E-state index is 13.5. The van der Waals surface area contributed by atoms with Crippen molar-refractivity contribution in [2.24, 2.45) is 0 Å². The van der Waals surface area contributed by atoms with Gasteiger partial charge in [-0.25, -0.2) is 15.0 Å². The third kappa shape index (κ3) is 8.51. The van der Waals surface area contributed by atoms with Gasteiger partial charge in [-0.15, -0.1) is 0 Å². The highest BCUT2D eigenvalue weighted by atomic mass is 19.4. The Bertz CT molecular complexity index is 1160. The van der Waals surface area contributed by atoms with Crippen LogP contribution in [-0.2, 0) is 18.2 Å². The fraction of sp³-hybridized carbons (Fsp3) is 0.500. The van der Waals surface area contributed by atoms with E-state index in [1.54, 1.807) is 12.3 Å². The van der Waals surface area contributed by atoms with Crippen LogP contribution in [0.4, 0.5) is 19.0 Å². The molecule has 39 heavy (non-hydrogen) atoms. The summed E-state index contributed by atoms with van der Waals surface area (Å²) in [6.07, 6.45) is -1.15. The lowest BCUT2D eigenvalue weighted by molar-refractivity contribution is -0.141. The van der Waals surface area contributed by atoms with Crippen LogP contribution in [-0.4, -0.2) is 64.2 Å². The van der Waals surface area contributed by atoms with Crippen LogP contribution in [0.2, 0.25) is 0 Å². The molecule has 0 spiro atoms. The van der Waals surface area contributed by atoms with Crippen LogP contribution in [0.3, 0.4) is 0 Å². The van der Waals surface area contributed by atoms with E-state index in [2.05, 4.69) is 24.8 Å². The highest BCUT2D eigenvalue weighted by Gasteiger charge is 2.36. The molecule has 3 heterocycles. The molecule has 1 aromatic carbocycles. The standard InChI is InChI=1S/C28H35F3N6O2/c1-27(2,3)25-33-22(28(29,30)31)19-23(34-25)37-16-14-36(15-17-37)13-7-8-18-38-26-32-12-11-24(35-26)39-20-21-9-5-4-6-10-21/h4-6,9-12,19H,7-8,13-18,20H2,1-3H3. The van der Waals surface area contributed by atoms with E-state index in [1.807, 2.05) is 56.0 Å². The Kier molecular flexibility index (Phi) is 9.21. The molecule has 1 aliphatic rings. The Balaban J connectivity index is 1.19. The number of ether oxygens (including phenoxy) is 2. The van der Waals surface area contributed by atoms with Crippen molar-refractivity contribution in [1.82, 2.24) is 24.8 Å². The van der Waals surface area contributed by atoms with Crippen molar-refractivity contribution >= 4 is 5.82 Å². The fourth-order valence-electron chi connectivity index (χ4n) is 4.09. The lowest BCUT2D eigenvalue weighted by Gasteiger charge is -2.36. The topological polar surface area (TPSA) is 76.5 Å². The summed E-state index contributed by atoms with van der Waals surface area (Å²) in [5.74, 6) is 1.000. The summed E-state index contributed by atoms with van der Waals surface area (Å²) in [4.78, 5) is 20.9. The maximum atomic E-state index is 13.5. The van der Waals surface area contributed by atoms with Crippen molar-refractivity contribution in [2.45, 2.75) is 51.8 Å². The maximum Gasteiger partial charge on any atom is 0.433 e. The quantitative estimate of drug-likeness (QED) is 0.325. The zero-order valence-electron chi connectivity index (χ0n) is 22.6. The molecule has 0 N–H and O–H groups in total. The number of aromatic nitrogens is 4. The van der Waals surface area contributed by atoms with Crippen LogP contribution in [0.5, 0.6) is 11.9 Å². The Morgan fingerprint density at radius 2 is 1.62 bits per heavy atom. The summed E-state index contributed by atoms with van der Waals surface area (Å²) >= 11 is 0. The molecule has 11 heteroatoms. The molecular weight excluding hydrogens is 509 g/mol. The summed E-state index contributed by atoms with van der Waals surface area (Å²) in [5, 5.41) is 0. The molecule has 0 aliphatic carbocycles. The molecule has 210 valence electrons. The normalized spacial score (nSPS) is 14.9. The molecule has 0 saturated carbocycles. The Morgan fingerprint density at radius 3 is 2.31 bits per heavy atom. The van der Waals surface area contributed by atoms with Gasteiger partial charge in [-0.1, -0.05) is 51.1 Å². The van der Waals surface area contributed by atoms with Crippen LogP contribution in [0.25, 0.3) is 0 Å². The minimum atomic E-state index is -4.51. The lowest BCUT2D eigenvalue weighted by Crippen LogP contribution is -2.47. The van der Waals surface area contributed by atoms with Crippen molar-refractivity contribution in [3.63, 3.8) is 0 Å². The molecule has 2 aromatic heterocycles. The number of piperazine rings is 1. The molecule has 0 atom stereocenters. The van der Waals surface area contributed by atoms with Crippen LogP contribution < -0.4 is 14.4 Å². The minimum absolute atomic E-state index is 0.201. The predicted octanol–water partition coefficient (Wildman–Crippen LogP) is 5.14. The first-order valence-corrected chi connectivity index (χ1v) is 13.1. The van der Waals surface area contributed by atoms with Gasteiger partial charge in [-0.05, 0) is 24.9 Å². The average molecular weight is 545 g/mol. The Labute approximate surface area is 227 Å². The summed E-state index contributed by atoms with van der Waals surface area (Å²) in [6, 6.07) is 12.9. The van der Waals surface area contributed by atoms with Gasteiger partial charge in [0.1, 0.15) is 23.9 Å². The van der Waals surface area contributed by atoms with Crippen molar-refractivity contribution < 1.29 is 22.6 Å². The van der Waals surface area contributed by atoms with Gasteiger partial charge in [-0.2, -0.15) is 18.2 Å². The van der Waals surface area contributed by atoms with Crippen molar-refractivity contribution in [1.29, 1.82) is 0 Å². The number of hydrogen-bond acceptors (Lipinski definition) is 8. The highest BCUT2D eigenvalue weighted by Crippen LogP contribution is 2.32. The number of anilines is 1. The summed E-state index contributed by atoms with van der Waals surface area (Å²) in [5.41, 5.74) is -0.421. The van der Waals surface area contributed by atoms with Gasteiger partial charge in [0.05, 0.1) is 6.61 Å². The van der Waals surface area contributed by atoms with Gasteiger partial charge >= 0.3 is 12.2 Å². The van der Waals surface area contributed by atoms with Crippen LogP contribution >= 0.6 is 0 Å². The molecular formula is C28H35F3N6O2. The molecule has 4 rings (SSSR count). The van der Waals surface area contributed by atoms with E-state index in [1.165, 1.54) is 0 Å². The fourth-order valence-corrected chi connectivity index (χ4v) is 4.09. The van der Waals surface area contributed by atoms with Gasteiger partial charge in [0.2, 0.25) is 5.88 Å². The first-order chi connectivity index (χ1) is 18.6. The number of rotatable bonds is 10. The number of unbranched alkanes of at least 4 members (excludes halogenated alkanes) is 1. The number of nitrogens with zero attached hydrogens (tertiary/aromatic N) is 6. The van der Waals surface area contributed by atoms with E-state index in [0.29, 0.717) is 38.0 Å². The van der Waals surface area contributed by atoms with E-state index in [9.17, 15) is 13.2 Å². The molecule has 3 aromatic rings. The third-order valence-corrected chi connectivity index (χ3v) is 6.31. The monoisotopic (exact) mass is 544 g/mol. The minimum Gasteiger partial charge on any atom is -0.473 e. The molecule has 8 nitrogen and oxygen atoms in total. The first-order valence-electron chi connectivity index (χ1n) is 13.1. The van der Waals surface area contributed by atoms with Gasteiger partial charge < -0.3 is 14.4 Å². The Hall–Kier alpha value is -3.47. The van der Waals surface area contributed by atoms with Gasteiger partial charge in [0.15, 0.2) is 0 Å². The smallest absolute Gasteiger partial charge is 0.433 e. The van der Waals surface area contributed by atoms with Crippen LogP contribution in [0.1, 0.15) is 50.7 Å². The number of halogens is 3. The Morgan fingerprint density at radius 1 is 0.872 bits per heavy atom. The lowest BCUT2D eigenvalue weighted by atomic mass is 9.95. The summed E-state index contributed by atoms with van der Waals surface area (Å²) in [7, 11) is 0. The van der Waals surface area contributed by atoms with Gasteiger partial charge in [0, 0.05) is 49.9 Å². The van der Waals surface area contributed by atoms with Crippen molar-refractivity contribution in [3.05, 3.63) is 65.7 Å². The number of benzene rings is 1. The van der Waals surface area contributed by atoms with Gasteiger partial charge in [0.25, 0.3) is 0 Å². The first kappa shape index (κ1) is 28.5. The molecule has 0 unspecified atom stereocenters. The van der Waals surface area contributed by atoms with Crippen molar-refractivity contribution in [2.75, 3.05) is 44.2 Å². The second-order valence-corrected chi connectivity index (χ2v) is 10.5. The van der Waals surface area contributed by atoms with Crippen LogP contribution in [0.15, 0.2) is 48.7 Å². The van der Waals surface area contributed by atoms with Crippen LogP contribution in [0, 0.1) is 0 Å². The molecule has 0 radical (unpaired) electrons. The average Bonchev–Trinajstić information content (AvgIpc) is 2.92. The van der Waals surface area contributed by atoms with Crippen molar-refractivity contribution in [3.8, 4) is 11.9 Å². The van der Waals surface area contributed by atoms with E-state index in [0.717, 1.165) is 44.1 Å². The largest absolute Gasteiger partial charge is 0.473 e. The van der Waals surface area contributed by atoms with Gasteiger partial charge in [-0.3, -0.25) is 4.90 Å². The van der Waals surface area contributed by atoms with E-state index >= 15 is 0 Å². The zero-order chi connectivity index (χ0) is 27.9. The number of alkyl halides is 3. The third-order valence-electron chi connectivity index (χ3n) is 6.31. The summed E-state index contributed by atoms with van der Waals surface area (Å²) < 4.78 is 51.8. The zero-order valence-corrected chi connectivity index (χ0v) is 22.6. The van der Waals surface area contributed by atoms with E-state index < -0.39 is 17.3 Å². The second-order valence-electron chi connectivity index (χ2n) is 10.5. The number of hydrogen-bond donors (Lipinski definition) is 0. The molecule has 1 fully saturated rings. The molecule has 1 saturated heterocycles. The molecule has 1 aliphatic heterocycles. The molecule has 0 bridgehead atoms. The summed E-state index contributed by atoms with van der Waals surface area (Å²) in [6.45, 7) is 9.95. The second kappa shape index (κ2) is 12.6.